The van der Waals surface area contributed by atoms with Crippen LogP contribution in [0.5, 0.6) is 0 Å². The SMILES string of the molecule is Cc1cc(C)c(NC(=O)CNC(=O)NCc2cccc(Cl)c2)c(C)c1. The number of hydrogen-bond acceptors (Lipinski definition) is 2. The monoisotopic (exact) mass is 359 g/mol. The summed E-state index contributed by atoms with van der Waals surface area (Å²) in [5, 5.41) is 8.69. The number of rotatable bonds is 5. The highest BCUT2D eigenvalue weighted by Crippen LogP contribution is 2.21. The summed E-state index contributed by atoms with van der Waals surface area (Å²) in [6, 6.07) is 10.8. The fraction of sp³-hybridized carbons (Fsp3) is 0.263. The largest absolute Gasteiger partial charge is 0.334 e. The third-order valence-electron chi connectivity index (χ3n) is 3.69. The molecule has 6 heteroatoms. The number of carbonyl (C=O) groups excluding carboxylic acids is 2. The van der Waals surface area contributed by atoms with Gasteiger partial charge in [-0.25, -0.2) is 4.79 Å². The lowest BCUT2D eigenvalue weighted by Gasteiger charge is -2.13. The Hall–Kier alpha value is -2.53. The minimum Gasteiger partial charge on any atom is -0.334 e. The maximum atomic E-state index is 12.1. The molecule has 0 aliphatic rings. The van der Waals surface area contributed by atoms with E-state index in [1.54, 1.807) is 12.1 Å². The van der Waals surface area contributed by atoms with Gasteiger partial charge in [-0.2, -0.15) is 0 Å². The van der Waals surface area contributed by atoms with Crippen molar-refractivity contribution in [2.75, 3.05) is 11.9 Å². The Bertz CT molecular complexity index is 767. The summed E-state index contributed by atoms with van der Waals surface area (Å²) in [7, 11) is 0. The lowest BCUT2D eigenvalue weighted by atomic mass is 10.1. The van der Waals surface area contributed by atoms with Crippen LogP contribution in [0.4, 0.5) is 10.5 Å². The van der Waals surface area contributed by atoms with E-state index >= 15 is 0 Å². The molecule has 0 saturated carbocycles. The molecule has 2 aromatic rings. The highest BCUT2D eigenvalue weighted by atomic mass is 35.5. The molecule has 2 rings (SSSR count). The summed E-state index contributed by atoms with van der Waals surface area (Å²) in [4.78, 5) is 23.9. The van der Waals surface area contributed by atoms with Gasteiger partial charge >= 0.3 is 6.03 Å². The van der Waals surface area contributed by atoms with Gasteiger partial charge in [0.1, 0.15) is 0 Å². The molecule has 3 amide bonds. The summed E-state index contributed by atoms with van der Waals surface area (Å²) in [6.07, 6.45) is 0. The Morgan fingerprint density at radius 1 is 1.00 bits per heavy atom. The van der Waals surface area contributed by atoms with Crippen molar-refractivity contribution >= 4 is 29.2 Å². The number of aryl methyl sites for hydroxylation is 3. The van der Waals surface area contributed by atoms with Gasteiger partial charge in [0.05, 0.1) is 6.54 Å². The molecule has 0 bridgehead atoms. The average Bonchev–Trinajstić information content (AvgIpc) is 2.54. The Labute approximate surface area is 152 Å². The van der Waals surface area contributed by atoms with Gasteiger partial charge in [0.15, 0.2) is 0 Å². The molecule has 0 saturated heterocycles. The molecular formula is C19H22ClN3O2. The van der Waals surface area contributed by atoms with Gasteiger partial charge in [-0.15, -0.1) is 0 Å². The van der Waals surface area contributed by atoms with Crippen LogP contribution in [0.25, 0.3) is 0 Å². The number of urea groups is 1. The molecule has 0 aromatic heterocycles. The highest BCUT2D eigenvalue weighted by molar-refractivity contribution is 6.30. The molecule has 5 nitrogen and oxygen atoms in total. The highest BCUT2D eigenvalue weighted by Gasteiger charge is 2.09. The van der Waals surface area contributed by atoms with Gasteiger partial charge in [-0.05, 0) is 49.6 Å². The van der Waals surface area contributed by atoms with Crippen LogP contribution in [0.15, 0.2) is 36.4 Å². The maximum Gasteiger partial charge on any atom is 0.315 e. The van der Waals surface area contributed by atoms with E-state index in [1.165, 1.54) is 0 Å². The van der Waals surface area contributed by atoms with Crippen LogP contribution in [-0.2, 0) is 11.3 Å². The van der Waals surface area contributed by atoms with Crippen LogP contribution in [0, 0.1) is 20.8 Å². The number of benzene rings is 2. The molecule has 0 fully saturated rings. The number of halogens is 1. The lowest BCUT2D eigenvalue weighted by molar-refractivity contribution is -0.115. The van der Waals surface area contributed by atoms with Crippen LogP contribution in [0.3, 0.4) is 0 Å². The number of hydrogen-bond donors (Lipinski definition) is 3. The first-order chi connectivity index (χ1) is 11.8. The van der Waals surface area contributed by atoms with Crippen LogP contribution < -0.4 is 16.0 Å². The topological polar surface area (TPSA) is 70.2 Å². The molecule has 0 spiro atoms. The second-order valence-electron chi connectivity index (χ2n) is 5.99. The summed E-state index contributed by atoms with van der Waals surface area (Å²) in [5.41, 5.74) is 4.81. The van der Waals surface area contributed by atoms with E-state index in [2.05, 4.69) is 16.0 Å². The molecule has 3 N–H and O–H groups in total. The maximum absolute atomic E-state index is 12.1. The first-order valence-electron chi connectivity index (χ1n) is 7.99. The first kappa shape index (κ1) is 18.8. The minimum absolute atomic E-state index is 0.103. The molecule has 0 radical (unpaired) electrons. The van der Waals surface area contributed by atoms with Gasteiger partial charge in [0.2, 0.25) is 5.91 Å². The van der Waals surface area contributed by atoms with Crippen molar-refractivity contribution in [3.05, 3.63) is 63.7 Å². The number of carbonyl (C=O) groups is 2. The van der Waals surface area contributed by atoms with E-state index in [-0.39, 0.29) is 12.5 Å². The van der Waals surface area contributed by atoms with Crippen LogP contribution >= 0.6 is 11.6 Å². The molecule has 0 heterocycles. The van der Waals surface area contributed by atoms with E-state index in [9.17, 15) is 9.59 Å². The molecule has 132 valence electrons. The summed E-state index contributed by atoms with van der Waals surface area (Å²) in [5.74, 6) is -0.270. The zero-order valence-corrected chi connectivity index (χ0v) is 15.3. The van der Waals surface area contributed by atoms with E-state index < -0.39 is 6.03 Å². The van der Waals surface area contributed by atoms with E-state index in [4.69, 9.17) is 11.6 Å². The van der Waals surface area contributed by atoms with Gasteiger partial charge in [0, 0.05) is 17.3 Å². The van der Waals surface area contributed by atoms with E-state index in [0.29, 0.717) is 11.6 Å². The molecule has 0 unspecified atom stereocenters. The van der Waals surface area contributed by atoms with Crippen LogP contribution in [0.1, 0.15) is 22.3 Å². The smallest absolute Gasteiger partial charge is 0.315 e. The van der Waals surface area contributed by atoms with Crippen LogP contribution in [0.2, 0.25) is 5.02 Å². The van der Waals surface area contributed by atoms with Crippen molar-refractivity contribution in [1.82, 2.24) is 10.6 Å². The van der Waals surface area contributed by atoms with Gasteiger partial charge < -0.3 is 16.0 Å². The minimum atomic E-state index is -0.410. The molecule has 0 aliphatic heterocycles. The molecule has 0 aliphatic carbocycles. The Morgan fingerprint density at radius 2 is 1.68 bits per heavy atom. The summed E-state index contributed by atoms with van der Waals surface area (Å²) < 4.78 is 0. The molecular weight excluding hydrogens is 338 g/mol. The average molecular weight is 360 g/mol. The van der Waals surface area contributed by atoms with Gasteiger partial charge in [-0.1, -0.05) is 41.4 Å². The number of nitrogens with one attached hydrogen (secondary N) is 3. The predicted molar refractivity (Wildman–Crippen MR) is 101 cm³/mol. The van der Waals surface area contributed by atoms with Crippen molar-refractivity contribution < 1.29 is 9.59 Å². The fourth-order valence-corrected chi connectivity index (χ4v) is 2.83. The molecule has 25 heavy (non-hydrogen) atoms. The number of anilines is 1. The lowest BCUT2D eigenvalue weighted by Crippen LogP contribution is -2.39. The van der Waals surface area contributed by atoms with E-state index in [1.807, 2.05) is 45.0 Å². The Balaban J connectivity index is 1.81. The molecule has 0 atom stereocenters. The van der Waals surface area contributed by atoms with Crippen molar-refractivity contribution in [3.63, 3.8) is 0 Å². The fourth-order valence-electron chi connectivity index (χ4n) is 2.61. The zero-order chi connectivity index (χ0) is 18.4. The van der Waals surface area contributed by atoms with E-state index in [0.717, 1.165) is 27.9 Å². The summed E-state index contributed by atoms with van der Waals surface area (Å²) in [6.45, 7) is 6.14. The third kappa shape index (κ3) is 5.80. The quantitative estimate of drug-likeness (QED) is 0.761. The second kappa shape index (κ2) is 8.53. The standard InChI is InChI=1S/C19H22ClN3O2/c1-12-7-13(2)18(14(3)8-12)23-17(24)11-22-19(25)21-10-15-5-4-6-16(20)9-15/h4-9H,10-11H2,1-3H3,(H,23,24)(H2,21,22,25). The Morgan fingerprint density at radius 3 is 2.32 bits per heavy atom. The second-order valence-corrected chi connectivity index (χ2v) is 6.42. The van der Waals surface area contributed by atoms with Gasteiger partial charge in [0.25, 0.3) is 0 Å². The number of amides is 3. The van der Waals surface area contributed by atoms with Crippen molar-refractivity contribution in [3.8, 4) is 0 Å². The van der Waals surface area contributed by atoms with Crippen molar-refractivity contribution in [2.45, 2.75) is 27.3 Å². The van der Waals surface area contributed by atoms with Gasteiger partial charge in [-0.3, -0.25) is 4.79 Å². The summed E-state index contributed by atoms with van der Waals surface area (Å²) >= 11 is 5.89. The Kier molecular flexibility index (Phi) is 6.42. The first-order valence-corrected chi connectivity index (χ1v) is 8.37. The third-order valence-corrected chi connectivity index (χ3v) is 3.93. The van der Waals surface area contributed by atoms with Crippen molar-refractivity contribution in [1.29, 1.82) is 0 Å². The molecule has 2 aromatic carbocycles. The zero-order valence-electron chi connectivity index (χ0n) is 14.6. The van der Waals surface area contributed by atoms with Crippen LogP contribution in [-0.4, -0.2) is 18.5 Å². The van der Waals surface area contributed by atoms with Crippen molar-refractivity contribution in [2.24, 2.45) is 0 Å². The normalized spacial score (nSPS) is 10.2. The predicted octanol–water partition coefficient (Wildman–Crippen LogP) is 3.70.